The van der Waals surface area contributed by atoms with Crippen LogP contribution in [0.5, 0.6) is 0 Å². The minimum atomic E-state index is -0.504. The summed E-state index contributed by atoms with van der Waals surface area (Å²) in [7, 11) is 0. The van der Waals surface area contributed by atoms with Crippen molar-refractivity contribution >= 4 is 29.2 Å². The van der Waals surface area contributed by atoms with Gasteiger partial charge in [-0.25, -0.2) is 13.9 Å². The molecule has 3 aromatic rings. The number of aromatic nitrogens is 2. The predicted octanol–water partition coefficient (Wildman–Crippen LogP) is 4.35. The number of Topliss-reactive ketones (excluding diaryl/α,β-unsaturated/α-hetero) is 1. The van der Waals surface area contributed by atoms with Gasteiger partial charge in [-0.3, -0.25) is 14.9 Å². The van der Waals surface area contributed by atoms with Crippen molar-refractivity contribution in [3.63, 3.8) is 0 Å². The van der Waals surface area contributed by atoms with Crippen molar-refractivity contribution in [2.24, 2.45) is 0 Å². The van der Waals surface area contributed by atoms with Gasteiger partial charge < -0.3 is 10.2 Å². The summed E-state index contributed by atoms with van der Waals surface area (Å²) in [6.07, 6.45) is 2.89. The predicted molar refractivity (Wildman–Crippen MR) is 122 cm³/mol. The average molecular weight is 449 g/mol. The first kappa shape index (κ1) is 22.2. The van der Waals surface area contributed by atoms with Crippen LogP contribution in [0.1, 0.15) is 46.5 Å². The van der Waals surface area contributed by atoms with Crippen LogP contribution in [0, 0.1) is 5.82 Å². The summed E-state index contributed by atoms with van der Waals surface area (Å²) >= 11 is 0. The molecule has 0 aliphatic carbocycles. The van der Waals surface area contributed by atoms with Crippen molar-refractivity contribution in [2.45, 2.75) is 25.8 Å². The van der Waals surface area contributed by atoms with Gasteiger partial charge in [0.25, 0.3) is 5.91 Å². The SMILES string of the molecule is CC(=O)c1ccccc1C(=O)N1CCC(n2nccc2NC(=O)Nc2cccc(F)c2)CC1. The second-order valence-corrected chi connectivity index (χ2v) is 7.88. The summed E-state index contributed by atoms with van der Waals surface area (Å²) in [6, 6.07) is 13.7. The number of halogens is 1. The Kier molecular flexibility index (Phi) is 6.48. The molecule has 3 amide bonds. The molecular formula is C24H24FN5O3. The van der Waals surface area contributed by atoms with E-state index in [0.717, 1.165) is 0 Å². The van der Waals surface area contributed by atoms with Crippen LogP contribution in [0.4, 0.5) is 20.7 Å². The van der Waals surface area contributed by atoms with E-state index in [4.69, 9.17) is 0 Å². The Bertz CT molecular complexity index is 1180. The summed E-state index contributed by atoms with van der Waals surface area (Å²) in [6.45, 7) is 2.46. The van der Waals surface area contributed by atoms with E-state index in [-0.39, 0.29) is 17.7 Å². The van der Waals surface area contributed by atoms with Crippen LogP contribution in [0.15, 0.2) is 60.8 Å². The van der Waals surface area contributed by atoms with Crippen LogP contribution >= 0.6 is 0 Å². The second kappa shape index (κ2) is 9.64. The molecule has 0 unspecified atom stereocenters. The maximum atomic E-state index is 13.3. The van der Waals surface area contributed by atoms with E-state index in [2.05, 4.69) is 15.7 Å². The number of urea groups is 1. The van der Waals surface area contributed by atoms with Gasteiger partial charge in [-0.1, -0.05) is 24.3 Å². The fourth-order valence-corrected chi connectivity index (χ4v) is 4.01. The number of benzene rings is 2. The minimum absolute atomic E-state index is 0.00318. The molecular weight excluding hydrogens is 425 g/mol. The number of carbonyl (C=O) groups excluding carboxylic acids is 3. The Morgan fingerprint density at radius 1 is 0.970 bits per heavy atom. The molecule has 1 aromatic heterocycles. The molecule has 1 saturated heterocycles. The molecule has 1 fully saturated rings. The number of hydrogen-bond acceptors (Lipinski definition) is 4. The summed E-state index contributed by atoms with van der Waals surface area (Å²) in [5, 5.41) is 9.69. The Morgan fingerprint density at radius 3 is 2.39 bits per heavy atom. The molecule has 0 radical (unpaired) electrons. The highest BCUT2D eigenvalue weighted by Crippen LogP contribution is 2.27. The molecule has 9 heteroatoms. The first-order chi connectivity index (χ1) is 15.9. The number of anilines is 2. The monoisotopic (exact) mass is 449 g/mol. The van der Waals surface area contributed by atoms with Crippen molar-refractivity contribution in [2.75, 3.05) is 23.7 Å². The lowest BCUT2D eigenvalue weighted by molar-refractivity contribution is 0.0687. The number of ketones is 1. The van der Waals surface area contributed by atoms with Gasteiger partial charge in [0.1, 0.15) is 11.6 Å². The standard InChI is InChI=1S/C24H24FN5O3/c1-16(31)20-7-2-3-8-21(20)23(32)29-13-10-19(11-14-29)30-22(9-12-26-30)28-24(33)27-18-6-4-5-17(25)15-18/h2-9,12,15,19H,10-11,13-14H2,1H3,(H2,27,28,33). The van der Waals surface area contributed by atoms with E-state index in [1.165, 1.54) is 25.1 Å². The van der Waals surface area contributed by atoms with E-state index >= 15 is 0 Å². The van der Waals surface area contributed by atoms with Crippen LogP contribution in [-0.4, -0.2) is 45.5 Å². The van der Waals surface area contributed by atoms with E-state index < -0.39 is 11.8 Å². The lowest BCUT2D eigenvalue weighted by atomic mass is 10.0. The van der Waals surface area contributed by atoms with Gasteiger partial charge in [0.15, 0.2) is 5.78 Å². The Hall–Kier alpha value is -4.01. The van der Waals surface area contributed by atoms with Crippen molar-refractivity contribution in [3.05, 3.63) is 77.7 Å². The lowest BCUT2D eigenvalue weighted by Gasteiger charge is -2.33. The van der Waals surface area contributed by atoms with Crippen molar-refractivity contribution in [1.82, 2.24) is 14.7 Å². The third kappa shape index (κ3) is 5.08. The fraction of sp³-hybridized carbons (Fsp3) is 0.250. The number of amides is 3. The highest BCUT2D eigenvalue weighted by Gasteiger charge is 2.27. The van der Waals surface area contributed by atoms with Crippen molar-refractivity contribution < 1.29 is 18.8 Å². The van der Waals surface area contributed by atoms with Gasteiger partial charge in [0.05, 0.1) is 17.8 Å². The number of rotatable bonds is 5. The van der Waals surface area contributed by atoms with Crippen molar-refractivity contribution in [3.8, 4) is 0 Å². The lowest BCUT2D eigenvalue weighted by Crippen LogP contribution is -2.40. The molecule has 1 aliphatic heterocycles. The second-order valence-electron chi connectivity index (χ2n) is 7.88. The third-order valence-corrected chi connectivity index (χ3v) is 5.63. The average Bonchev–Trinajstić information content (AvgIpc) is 3.26. The number of hydrogen-bond donors (Lipinski definition) is 2. The fourth-order valence-electron chi connectivity index (χ4n) is 4.01. The first-order valence-corrected chi connectivity index (χ1v) is 10.7. The van der Waals surface area contributed by atoms with Gasteiger partial charge in [0.2, 0.25) is 0 Å². The molecule has 170 valence electrons. The Balaban J connectivity index is 1.38. The van der Waals surface area contributed by atoms with Crippen LogP contribution in [-0.2, 0) is 0 Å². The van der Waals surface area contributed by atoms with Crippen LogP contribution in [0.25, 0.3) is 0 Å². The third-order valence-electron chi connectivity index (χ3n) is 5.63. The molecule has 2 heterocycles. The minimum Gasteiger partial charge on any atom is -0.338 e. The van der Waals surface area contributed by atoms with Gasteiger partial charge in [-0.15, -0.1) is 0 Å². The summed E-state index contributed by atoms with van der Waals surface area (Å²) in [5.74, 6) is -0.231. The maximum absolute atomic E-state index is 13.3. The normalized spacial score (nSPS) is 14.1. The van der Waals surface area contributed by atoms with Gasteiger partial charge in [-0.2, -0.15) is 5.10 Å². The van der Waals surface area contributed by atoms with Gasteiger partial charge in [0, 0.05) is 30.4 Å². The zero-order chi connectivity index (χ0) is 23.4. The largest absolute Gasteiger partial charge is 0.338 e. The molecule has 1 aliphatic rings. The first-order valence-electron chi connectivity index (χ1n) is 10.7. The number of nitrogens with zero attached hydrogens (tertiary/aromatic N) is 3. The smallest absolute Gasteiger partial charge is 0.324 e. The quantitative estimate of drug-likeness (QED) is 0.566. The van der Waals surface area contributed by atoms with E-state index in [9.17, 15) is 18.8 Å². The summed E-state index contributed by atoms with van der Waals surface area (Å²) < 4.78 is 15.1. The molecule has 8 nitrogen and oxygen atoms in total. The molecule has 2 aromatic carbocycles. The molecule has 2 N–H and O–H groups in total. The molecule has 0 spiro atoms. The molecule has 0 saturated carbocycles. The highest BCUT2D eigenvalue weighted by atomic mass is 19.1. The number of piperidine rings is 1. The number of nitrogens with one attached hydrogen (secondary N) is 2. The molecule has 4 rings (SSSR count). The van der Waals surface area contributed by atoms with E-state index in [1.807, 2.05) is 0 Å². The van der Waals surface area contributed by atoms with Crippen LogP contribution in [0.2, 0.25) is 0 Å². The summed E-state index contributed by atoms with van der Waals surface area (Å²) in [5.41, 5.74) is 1.18. The highest BCUT2D eigenvalue weighted by molar-refractivity contribution is 6.07. The number of carbonyl (C=O) groups is 3. The van der Waals surface area contributed by atoms with Gasteiger partial charge >= 0.3 is 6.03 Å². The molecule has 33 heavy (non-hydrogen) atoms. The van der Waals surface area contributed by atoms with Gasteiger partial charge in [-0.05, 0) is 44.0 Å². The van der Waals surface area contributed by atoms with Crippen molar-refractivity contribution in [1.29, 1.82) is 0 Å². The molecule has 0 atom stereocenters. The summed E-state index contributed by atoms with van der Waals surface area (Å²) in [4.78, 5) is 39.0. The Morgan fingerprint density at radius 2 is 1.70 bits per heavy atom. The van der Waals surface area contributed by atoms with Crippen LogP contribution < -0.4 is 10.6 Å². The molecule has 0 bridgehead atoms. The van der Waals surface area contributed by atoms with E-state index in [0.29, 0.717) is 48.6 Å². The van der Waals surface area contributed by atoms with E-state index in [1.54, 1.807) is 52.2 Å². The number of likely N-dealkylation sites (tertiary alicyclic amines) is 1. The zero-order valence-electron chi connectivity index (χ0n) is 18.1. The zero-order valence-corrected chi connectivity index (χ0v) is 18.1. The Labute approximate surface area is 190 Å². The van der Waals surface area contributed by atoms with Crippen LogP contribution in [0.3, 0.4) is 0 Å². The maximum Gasteiger partial charge on any atom is 0.324 e. The topological polar surface area (TPSA) is 96.3 Å².